The monoisotopic (exact) mass is 287 g/mol. The zero-order valence-electron chi connectivity index (χ0n) is 3.62. The minimum Gasteiger partial charge on any atom is -2.00 e. The molecule has 0 fully saturated rings. The van der Waals surface area contributed by atoms with E-state index in [1.807, 2.05) is 0 Å². The minimum atomic E-state index is -1.42. The summed E-state index contributed by atoms with van der Waals surface area (Å²) in [6, 6.07) is 0. The molecule has 0 N–H and O–H groups in total. The van der Waals surface area contributed by atoms with Crippen molar-refractivity contribution in [3.05, 3.63) is 0 Å². The summed E-state index contributed by atoms with van der Waals surface area (Å²) in [5.41, 5.74) is 0. The molecule has 0 aliphatic rings. The molecule has 8 heavy (non-hydrogen) atoms. The topological polar surface area (TPSA) is 120 Å². The SMILES string of the molecule is O=[Si]=O.[O-2].[O-2].[O-2].[Y+3].[Zr+4]. The van der Waals surface area contributed by atoms with Crippen LogP contribution in [-0.4, -0.2) is 9.29 Å². The first-order valence-corrected chi connectivity index (χ1v) is 1.22. The van der Waals surface area contributed by atoms with Gasteiger partial charge in [-0.25, -0.2) is 0 Å². The number of hydrogen-bond acceptors (Lipinski definition) is 2. The maximum absolute atomic E-state index is 8.40. The molecule has 40 valence electrons. The van der Waals surface area contributed by atoms with Crippen molar-refractivity contribution < 1.29 is 84.3 Å². The maximum Gasteiger partial charge on any atom is 4.00 e. The van der Waals surface area contributed by atoms with Crippen molar-refractivity contribution >= 4 is 9.29 Å². The molecule has 0 aromatic carbocycles. The molecule has 0 aliphatic carbocycles. The maximum atomic E-state index is 8.40. The molecule has 0 radical (unpaired) electrons. The van der Waals surface area contributed by atoms with Crippen molar-refractivity contribution in [2.24, 2.45) is 0 Å². The molecular formula is O5SiYZr+. The van der Waals surface area contributed by atoms with Crippen molar-refractivity contribution in [3.63, 3.8) is 0 Å². The van der Waals surface area contributed by atoms with Gasteiger partial charge in [0, 0.05) is 0 Å². The third-order valence-electron chi connectivity index (χ3n) is 0. The largest absolute Gasteiger partial charge is 4.00 e. The predicted octanol–water partition coefficient (Wildman–Crippen LogP) is -0.980. The Balaban J connectivity index is -0.00000000200. The zero-order chi connectivity index (χ0) is 2.71. The molecule has 0 saturated carbocycles. The van der Waals surface area contributed by atoms with Crippen LogP contribution in [0.5, 0.6) is 0 Å². The van der Waals surface area contributed by atoms with Crippen LogP contribution < -0.4 is 0 Å². The summed E-state index contributed by atoms with van der Waals surface area (Å²) in [4.78, 5) is 0. The summed E-state index contributed by atoms with van der Waals surface area (Å²) >= 11 is 0. The Morgan fingerprint density at radius 3 is 0.875 bits per heavy atom. The average Bonchev–Trinajstić information content (AvgIpc) is 0.918. The summed E-state index contributed by atoms with van der Waals surface area (Å²) in [5, 5.41) is 0. The van der Waals surface area contributed by atoms with Crippen molar-refractivity contribution in [2.45, 2.75) is 0 Å². The summed E-state index contributed by atoms with van der Waals surface area (Å²) in [6.07, 6.45) is 0. The van der Waals surface area contributed by atoms with E-state index in [1.165, 1.54) is 0 Å². The van der Waals surface area contributed by atoms with E-state index in [9.17, 15) is 0 Å². The van der Waals surface area contributed by atoms with Gasteiger partial charge in [-0.2, -0.15) is 0 Å². The molecular weight excluding hydrogens is 288 g/mol. The fourth-order valence-corrected chi connectivity index (χ4v) is 0. The van der Waals surface area contributed by atoms with E-state index in [2.05, 4.69) is 0 Å². The van der Waals surface area contributed by atoms with Crippen LogP contribution in [0.1, 0.15) is 0 Å². The Morgan fingerprint density at radius 2 is 0.875 bits per heavy atom. The van der Waals surface area contributed by atoms with Crippen molar-refractivity contribution in [2.75, 3.05) is 0 Å². The van der Waals surface area contributed by atoms with Gasteiger partial charge in [0.2, 0.25) is 0 Å². The number of hydrogen-bond donors (Lipinski definition) is 0. The smallest absolute Gasteiger partial charge is 2.00 e. The first-order valence-electron chi connectivity index (χ1n) is 0.408. The third-order valence-corrected chi connectivity index (χ3v) is 0. The van der Waals surface area contributed by atoms with E-state index < -0.39 is 9.29 Å². The van der Waals surface area contributed by atoms with Crippen LogP contribution in [0, 0.1) is 0 Å². The Bertz CT molecular complexity index is 33.4. The van der Waals surface area contributed by atoms with Crippen LogP contribution in [-0.2, 0) is 84.3 Å². The van der Waals surface area contributed by atoms with Gasteiger partial charge >= 0.3 is 68.2 Å². The second kappa shape index (κ2) is 71.2. The fraction of sp³-hybridized carbons (Fsp3) is 0. The third kappa shape index (κ3) is 121. The van der Waals surface area contributed by atoms with E-state index in [0.29, 0.717) is 0 Å². The average molecular weight is 288 g/mol. The van der Waals surface area contributed by atoms with Gasteiger partial charge in [0.05, 0.1) is 0 Å². The fourth-order valence-electron chi connectivity index (χ4n) is 0. The Labute approximate surface area is 92.5 Å². The summed E-state index contributed by atoms with van der Waals surface area (Å²) in [5.74, 6) is 0. The molecule has 0 spiro atoms. The van der Waals surface area contributed by atoms with Gasteiger partial charge in [-0.15, -0.1) is 0 Å². The second-order valence-corrected chi connectivity index (χ2v) is 0.250. The molecule has 0 aromatic rings. The second-order valence-electron chi connectivity index (χ2n) is 0.0833. The van der Waals surface area contributed by atoms with Gasteiger partial charge in [-0.3, -0.25) is 8.92 Å². The van der Waals surface area contributed by atoms with Crippen molar-refractivity contribution in [1.29, 1.82) is 0 Å². The van der Waals surface area contributed by atoms with Gasteiger partial charge in [-0.1, -0.05) is 0 Å². The first-order chi connectivity index (χ1) is 1.41. The Kier molecular flexibility index (Phi) is 479. The molecule has 0 amide bonds. The molecule has 0 rings (SSSR count). The van der Waals surface area contributed by atoms with Crippen molar-refractivity contribution in [1.82, 2.24) is 0 Å². The summed E-state index contributed by atoms with van der Waals surface area (Å²) < 4.78 is 16.8. The van der Waals surface area contributed by atoms with Crippen LogP contribution in [0.4, 0.5) is 0 Å². The molecule has 5 nitrogen and oxygen atoms in total. The minimum absolute atomic E-state index is 0. The normalized spacial score (nSPS) is 1.00. The van der Waals surface area contributed by atoms with Crippen molar-refractivity contribution in [3.8, 4) is 0 Å². The molecule has 0 saturated heterocycles. The Hall–Kier alpha value is 1.68. The van der Waals surface area contributed by atoms with E-state index in [-0.39, 0.29) is 75.3 Å². The first kappa shape index (κ1) is 53.8. The van der Waals surface area contributed by atoms with Crippen LogP contribution >= 0.6 is 0 Å². The predicted molar refractivity (Wildman–Crippen MR) is 9.19 cm³/mol. The summed E-state index contributed by atoms with van der Waals surface area (Å²) in [6.45, 7) is 0. The van der Waals surface area contributed by atoms with E-state index in [0.717, 1.165) is 0 Å². The molecule has 0 aromatic heterocycles. The Morgan fingerprint density at radius 1 is 0.875 bits per heavy atom. The molecule has 0 bridgehead atoms. The van der Waals surface area contributed by atoms with E-state index in [4.69, 9.17) is 8.92 Å². The standard InChI is InChI=1S/O2Si.3O.Y.Zr/c1-3-2;;;;;/q;3*-2;+3;+4. The molecule has 0 aliphatic heterocycles. The molecule has 0 heterocycles. The van der Waals surface area contributed by atoms with Crippen LogP contribution in [0.25, 0.3) is 0 Å². The molecule has 0 unspecified atom stereocenters. The van der Waals surface area contributed by atoms with Crippen LogP contribution in [0.3, 0.4) is 0 Å². The van der Waals surface area contributed by atoms with E-state index in [1.54, 1.807) is 0 Å². The van der Waals surface area contributed by atoms with Gasteiger partial charge < -0.3 is 16.4 Å². The molecule has 8 heteroatoms. The van der Waals surface area contributed by atoms with Crippen LogP contribution in [0.15, 0.2) is 0 Å². The summed E-state index contributed by atoms with van der Waals surface area (Å²) in [7, 11) is -1.42. The van der Waals surface area contributed by atoms with Gasteiger partial charge in [-0.05, 0) is 0 Å². The van der Waals surface area contributed by atoms with Gasteiger partial charge in [0.25, 0.3) is 0 Å². The van der Waals surface area contributed by atoms with Crippen LogP contribution in [0.2, 0.25) is 0 Å². The van der Waals surface area contributed by atoms with E-state index >= 15 is 0 Å². The van der Waals surface area contributed by atoms with Gasteiger partial charge in [0.15, 0.2) is 0 Å². The quantitative estimate of drug-likeness (QED) is 0.532. The van der Waals surface area contributed by atoms with Gasteiger partial charge in [0.1, 0.15) is 0 Å². The zero-order valence-corrected chi connectivity index (χ0v) is 9.91. The molecule has 0 atom stereocenters. The number of rotatable bonds is 0.